The van der Waals surface area contributed by atoms with Gasteiger partial charge in [-0.2, -0.15) is 4.98 Å². The molecule has 0 saturated carbocycles. The molecule has 22 heteroatoms. The number of nitrogens with one attached hydrogen (secondary N) is 1. The minimum atomic E-state index is -5.54. The SMILES string of the molecule is NCC(=O)N[C@H]1C(C(O)[C@H](O)CO)O[C@](OP(=O)(O)OC[C@H]2O[C@@H](n3ccc(N)nc3=O)[C@@H](O)C2O)(C(=O)O)C[C@H]1O. The Kier molecular flexibility index (Phi) is 10.8. The molecule has 2 aliphatic heterocycles. The number of carboxylic acid groups (broad SMARTS) is 1. The predicted octanol–water partition coefficient (Wildman–Crippen LogP) is -6.33. The lowest BCUT2D eigenvalue weighted by molar-refractivity contribution is -0.289. The molecule has 13 N–H and O–H groups in total. The van der Waals surface area contributed by atoms with Crippen LogP contribution in [0.15, 0.2) is 17.1 Å². The molecule has 0 bridgehead atoms. The molecular weight excluding hydrogens is 597 g/mol. The van der Waals surface area contributed by atoms with Crippen LogP contribution in [0.2, 0.25) is 0 Å². The van der Waals surface area contributed by atoms with E-state index in [1.807, 2.05) is 0 Å². The number of hydrogen-bond donors (Lipinski definition) is 11. The summed E-state index contributed by atoms with van der Waals surface area (Å²) >= 11 is 0. The van der Waals surface area contributed by atoms with Crippen molar-refractivity contribution < 1.29 is 73.3 Å². The first-order chi connectivity index (χ1) is 19.6. The fourth-order valence-electron chi connectivity index (χ4n) is 4.33. The van der Waals surface area contributed by atoms with Crippen LogP contribution < -0.4 is 22.5 Å². The molecular formula is C20H32N5O16P. The van der Waals surface area contributed by atoms with Crippen molar-refractivity contribution >= 4 is 25.5 Å². The first-order valence-corrected chi connectivity index (χ1v) is 13.7. The van der Waals surface area contributed by atoms with Gasteiger partial charge in [0.1, 0.15) is 42.4 Å². The topological polar surface area (TPSA) is 349 Å². The number of rotatable bonds is 12. The molecule has 2 saturated heterocycles. The molecule has 2 aliphatic rings. The standard InChI is InChI=1S/C20H32N5O16P/c21-4-11(29)24-12-7(27)3-20(18(33)34,40-16(12)13(30)8(28)5-26)41-42(36,37)38-6-9-14(31)15(32)17(39-9)25-2-1-10(22)23-19(25)35/h1-2,7-9,12-17,26-28,30-32H,3-6,21H2,(H,24,29)(H,33,34)(H,36,37)(H2,22,23,35)/t7-,8-,9-,12-,13?,14?,15+,16?,17-,20-/m1/s1. The first-order valence-electron chi connectivity index (χ1n) is 12.2. The number of carbonyl (C=O) groups excluding carboxylic acids is 1. The van der Waals surface area contributed by atoms with E-state index in [2.05, 4.69) is 10.3 Å². The third kappa shape index (κ3) is 7.29. The smallest absolute Gasteiger partial charge is 0.475 e. The van der Waals surface area contributed by atoms with Gasteiger partial charge in [-0.25, -0.2) is 18.7 Å². The molecule has 1 aromatic rings. The highest BCUT2D eigenvalue weighted by molar-refractivity contribution is 7.47. The van der Waals surface area contributed by atoms with Gasteiger partial charge in [0.25, 0.3) is 5.79 Å². The van der Waals surface area contributed by atoms with E-state index in [1.165, 1.54) is 6.07 Å². The predicted molar refractivity (Wildman–Crippen MR) is 132 cm³/mol. The lowest BCUT2D eigenvalue weighted by atomic mass is 9.88. The Morgan fingerprint density at radius 3 is 2.52 bits per heavy atom. The van der Waals surface area contributed by atoms with Crippen molar-refractivity contribution in [3.05, 3.63) is 22.7 Å². The van der Waals surface area contributed by atoms with E-state index in [9.17, 15) is 59.6 Å². The summed E-state index contributed by atoms with van der Waals surface area (Å²) in [4.78, 5) is 49.9. The second-order valence-electron chi connectivity index (χ2n) is 9.39. The van der Waals surface area contributed by atoms with Gasteiger partial charge in [0, 0.05) is 12.6 Å². The van der Waals surface area contributed by atoms with Crippen molar-refractivity contribution in [2.24, 2.45) is 5.73 Å². The van der Waals surface area contributed by atoms with E-state index in [0.29, 0.717) is 0 Å². The van der Waals surface area contributed by atoms with Crippen LogP contribution in [0.4, 0.5) is 5.82 Å². The van der Waals surface area contributed by atoms with E-state index in [1.54, 1.807) is 0 Å². The summed E-state index contributed by atoms with van der Waals surface area (Å²) in [6, 6.07) is -0.442. The van der Waals surface area contributed by atoms with Gasteiger partial charge < -0.3 is 66.9 Å². The van der Waals surface area contributed by atoms with Crippen molar-refractivity contribution in [1.29, 1.82) is 0 Å². The number of hydrogen-bond acceptors (Lipinski definition) is 17. The zero-order valence-corrected chi connectivity index (χ0v) is 22.4. The number of carbonyl (C=O) groups is 2. The van der Waals surface area contributed by atoms with Crippen LogP contribution in [0.3, 0.4) is 0 Å². The van der Waals surface area contributed by atoms with Crippen molar-refractivity contribution in [2.45, 2.75) is 67.2 Å². The highest BCUT2D eigenvalue weighted by atomic mass is 31.2. The minimum absolute atomic E-state index is 0.140. The highest BCUT2D eigenvalue weighted by Crippen LogP contribution is 2.51. The summed E-state index contributed by atoms with van der Waals surface area (Å²) in [5.74, 6) is -6.39. The molecule has 2 fully saturated rings. The highest BCUT2D eigenvalue weighted by Gasteiger charge is 2.59. The average molecular weight is 629 g/mol. The number of nitrogen functional groups attached to an aromatic ring is 1. The summed E-state index contributed by atoms with van der Waals surface area (Å²) < 4.78 is 33.7. The summed E-state index contributed by atoms with van der Waals surface area (Å²) in [5.41, 5.74) is 9.68. The van der Waals surface area contributed by atoms with Crippen molar-refractivity contribution in [3.8, 4) is 0 Å². The number of aliphatic carboxylic acids is 1. The zero-order valence-electron chi connectivity index (χ0n) is 21.5. The number of amides is 1. The largest absolute Gasteiger partial charge is 0.477 e. The molecule has 0 aromatic carbocycles. The molecule has 11 atom stereocenters. The van der Waals surface area contributed by atoms with Gasteiger partial charge in [0.05, 0.1) is 31.9 Å². The van der Waals surface area contributed by atoms with Gasteiger partial charge in [-0.05, 0) is 6.07 Å². The Morgan fingerprint density at radius 1 is 1.29 bits per heavy atom. The number of carboxylic acids is 1. The Labute approximate surface area is 235 Å². The third-order valence-electron chi connectivity index (χ3n) is 6.46. The number of anilines is 1. The molecule has 3 heterocycles. The van der Waals surface area contributed by atoms with Crippen LogP contribution >= 0.6 is 7.82 Å². The molecule has 4 unspecified atom stereocenters. The lowest BCUT2D eigenvalue weighted by Crippen LogP contribution is -2.68. The van der Waals surface area contributed by atoms with Gasteiger partial charge in [0.15, 0.2) is 6.23 Å². The number of ether oxygens (including phenoxy) is 2. The minimum Gasteiger partial charge on any atom is -0.477 e. The molecule has 0 radical (unpaired) electrons. The van der Waals surface area contributed by atoms with Gasteiger partial charge in [-0.3, -0.25) is 13.9 Å². The van der Waals surface area contributed by atoms with Gasteiger partial charge >= 0.3 is 19.5 Å². The molecule has 0 aliphatic carbocycles. The fourth-order valence-corrected chi connectivity index (χ4v) is 5.28. The summed E-state index contributed by atoms with van der Waals surface area (Å²) in [6.07, 6.45) is -14.9. The number of nitrogens with zero attached hydrogens (tertiary/aromatic N) is 2. The second-order valence-corrected chi connectivity index (χ2v) is 10.8. The molecule has 42 heavy (non-hydrogen) atoms. The summed E-state index contributed by atoms with van der Waals surface area (Å²) in [5, 5.41) is 72.8. The number of aromatic nitrogens is 2. The fraction of sp³-hybridized carbons (Fsp3) is 0.700. The first kappa shape index (κ1) is 33.9. The second kappa shape index (κ2) is 13.3. The van der Waals surface area contributed by atoms with Crippen LogP contribution in [-0.2, 0) is 32.7 Å². The Morgan fingerprint density at radius 2 is 1.95 bits per heavy atom. The van der Waals surface area contributed by atoms with Crippen LogP contribution in [0.25, 0.3) is 0 Å². The Hall–Kier alpha value is -2.63. The maximum atomic E-state index is 12.8. The molecule has 21 nitrogen and oxygen atoms in total. The quantitative estimate of drug-likeness (QED) is 0.0957. The van der Waals surface area contributed by atoms with Gasteiger partial charge in [-0.15, -0.1) is 0 Å². The summed E-state index contributed by atoms with van der Waals surface area (Å²) in [6.45, 7) is -2.71. The van der Waals surface area contributed by atoms with Crippen molar-refractivity contribution in [3.63, 3.8) is 0 Å². The van der Waals surface area contributed by atoms with Crippen LogP contribution in [0.1, 0.15) is 12.6 Å². The van der Waals surface area contributed by atoms with Crippen molar-refractivity contribution in [1.82, 2.24) is 14.9 Å². The Balaban J connectivity index is 1.79. The van der Waals surface area contributed by atoms with Crippen LogP contribution in [-0.4, -0.2) is 136 Å². The number of nitrogens with two attached hydrogens (primary N) is 2. The molecule has 1 amide bonds. The molecule has 1 aromatic heterocycles. The van der Waals surface area contributed by atoms with Crippen LogP contribution in [0.5, 0.6) is 0 Å². The zero-order chi connectivity index (χ0) is 31.6. The lowest BCUT2D eigenvalue weighted by Gasteiger charge is -2.46. The number of aliphatic hydroxyl groups excluding tert-OH is 6. The maximum absolute atomic E-state index is 12.8. The van der Waals surface area contributed by atoms with Gasteiger partial charge in [-0.1, -0.05) is 0 Å². The van der Waals surface area contributed by atoms with E-state index < -0.39 is 112 Å². The molecule has 0 spiro atoms. The third-order valence-corrected chi connectivity index (χ3v) is 7.46. The normalized spacial score (nSPS) is 34.3. The average Bonchev–Trinajstić information content (AvgIpc) is 3.20. The molecule has 238 valence electrons. The summed E-state index contributed by atoms with van der Waals surface area (Å²) in [7, 11) is -5.54. The number of aliphatic hydroxyl groups is 6. The monoisotopic (exact) mass is 629 g/mol. The maximum Gasteiger partial charge on any atom is 0.475 e. The van der Waals surface area contributed by atoms with E-state index in [-0.39, 0.29) is 5.82 Å². The van der Waals surface area contributed by atoms with E-state index >= 15 is 0 Å². The number of phosphoric acid groups is 1. The van der Waals surface area contributed by atoms with Gasteiger partial charge in [0.2, 0.25) is 5.91 Å². The van der Waals surface area contributed by atoms with E-state index in [0.717, 1.165) is 10.8 Å². The molecule has 3 rings (SSSR count). The number of phosphoric ester groups is 1. The van der Waals surface area contributed by atoms with Crippen molar-refractivity contribution in [2.75, 3.05) is 25.5 Å². The van der Waals surface area contributed by atoms with E-state index in [4.69, 9.17) is 30.0 Å². The van der Waals surface area contributed by atoms with Crippen LogP contribution in [0, 0.1) is 0 Å². The Bertz CT molecular complexity index is 1240.